The van der Waals surface area contributed by atoms with E-state index in [0.29, 0.717) is 17.4 Å². The highest BCUT2D eigenvalue weighted by Gasteiger charge is 2.09. The van der Waals surface area contributed by atoms with Crippen LogP contribution in [0.25, 0.3) is 0 Å². The lowest BCUT2D eigenvalue weighted by molar-refractivity contribution is -0.124. The molecule has 0 atom stereocenters. The SMILES string of the molecule is O=C(CCC(=O)Nc1ccccc1F)NN=Cc1ccc(OCc2ccc(Cl)cc2)cc1. The van der Waals surface area contributed by atoms with E-state index in [-0.39, 0.29) is 18.5 Å². The number of halogens is 2. The lowest BCUT2D eigenvalue weighted by Gasteiger charge is -2.06. The van der Waals surface area contributed by atoms with Crippen molar-refractivity contribution >= 4 is 35.3 Å². The molecule has 3 rings (SSSR count). The molecule has 0 saturated carbocycles. The summed E-state index contributed by atoms with van der Waals surface area (Å²) >= 11 is 5.86. The third kappa shape index (κ3) is 7.52. The van der Waals surface area contributed by atoms with Gasteiger partial charge in [-0.1, -0.05) is 35.9 Å². The summed E-state index contributed by atoms with van der Waals surface area (Å²) in [4.78, 5) is 23.7. The molecule has 32 heavy (non-hydrogen) atoms. The maximum Gasteiger partial charge on any atom is 0.240 e. The van der Waals surface area contributed by atoms with Crippen molar-refractivity contribution in [2.24, 2.45) is 5.10 Å². The Morgan fingerprint density at radius 1 is 0.938 bits per heavy atom. The third-order valence-electron chi connectivity index (χ3n) is 4.33. The van der Waals surface area contributed by atoms with Crippen LogP contribution in [0.2, 0.25) is 5.02 Å². The number of amides is 2. The normalized spacial score (nSPS) is 10.7. The van der Waals surface area contributed by atoms with Gasteiger partial charge in [-0.25, -0.2) is 9.82 Å². The largest absolute Gasteiger partial charge is 0.489 e. The van der Waals surface area contributed by atoms with E-state index in [1.807, 2.05) is 24.3 Å². The first-order valence-electron chi connectivity index (χ1n) is 9.83. The van der Waals surface area contributed by atoms with Gasteiger partial charge >= 0.3 is 0 Å². The summed E-state index contributed by atoms with van der Waals surface area (Å²) in [5, 5.41) is 6.98. The number of hydrogen-bond acceptors (Lipinski definition) is 4. The van der Waals surface area contributed by atoms with Gasteiger partial charge in [0, 0.05) is 17.9 Å². The number of nitrogens with one attached hydrogen (secondary N) is 2. The number of nitrogens with zero attached hydrogens (tertiary/aromatic N) is 1. The van der Waals surface area contributed by atoms with Crippen LogP contribution in [0.15, 0.2) is 77.9 Å². The smallest absolute Gasteiger partial charge is 0.240 e. The zero-order valence-electron chi connectivity index (χ0n) is 17.1. The summed E-state index contributed by atoms with van der Waals surface area (Å²) in [6.45, 7) is 0.422. The van der Waals surface area contributed by atoms with Gasteiger partial charge in [0.2, 0.25) is 11.8 Å². The molecule has 0 fully saturated rings. The van der Waals surface area contributed by atoms with Gasteiger partial charge < -0.3 is 10.1 Å². The number of benzene rings is 3. The molecule has 3 aromatic carbocycles. The fourth-order valence-corrected chi connectivity index (χ4v) is 2.76. The Bertz CT molecular complexity index is 1090. The number of carbonyl (C=O) groups excluding carboxylic acids is 2. The molecule has 0 aliphatic carbocycles. The number of carbonyl (C=O) groups is 2. The van der Waals surface area contributed by atoms with Gasteiger partial charge in [-0.2, -0.15) is 5.10 Å². The predicted molar refractivity (Wildman–Crippen MR) is 122 cm³/mol. The summed E-state index contributed by atoms with van der Waals surface area (Å²) in [7, 11) is 0. The Balaban J connectivity index is 1.38. The number of hydrogen-bond donors (Lipinski definition) is 2. The van der Waals surface area contributed by atoms with Crippen molar-refractivity contribution in [2.45, 2.75) is 19.4 Å². The lowest BCUT2D eigenvalue weighted by atomic mass is 10.2. The first-order chi connectivity index (χ1) is 15.5. The minimum atomic E-state index is -0.531. The Morgan fingerprint density at radius 3 is 2.34 bits per heavy atom. The summed E-state index contributed by atoms with van der Waals surface area (Å²) in [5.41, 5.74) is 4.21. The molecule has 0 aliphatic heterocycles. The zero-order chi connectivity index (χ0) is 22.8. The summed E-state index contributed by atoms with van der Waals surface area (Å²) < 4.78 is 19.2. The maximum atomic E-state index is 13.5. The second kappa shape index (κ2) is 11.6. The van der Waals surface area contributed by atoms with Crippen molar-refractivity contribution in [1.29, 1.82) is 0 Å². The van der Waals surface area contributed by atoms with E-state index in [9.17, 15) is 14.0 Å². The van der Waals surface area contributed by atoms with Gasteiger partial charge in [-0.15, -0.1) is 0 Å². The fraction of sp³-hybridized carbons (Fsp3) is 0.125. The van der Waals surface area contributed by atoms with Crippen LogP contribution in [0, 0.1) is 5.82 Å². The van der Waals surface area contributed by atoms with E-state index >= 15 is 0 Å². The summed E-state index contributed by atoms with van der Waals surface area (Å²) in [6, 6.07) is 20.4. The van der Waals surface area contributed by atoms with E-state index in [1.165, 1.54) is 24.4 Å². The molecule has 0 heterocycles. The van der Waals surface area contributed by atoms with Crippen LogP contribution in [0.3, 0.4) is 0 Å². The summed E-state index contributed by atoms with van der Waals surface area (Å²) in [5.74, 6) is -0.713. The number of para-hydroxylation sites is 1. The minimum absolute atomic E-state index is 0.0743. The van der Waals surface area contributed by atoms with Crippen LogP contribution in [-0.4, -0.2) is 18.0 Å². The average Bonchev–Trinajstić information content (AvgIpc) is 2.80. The zero-order valence-corrected chi connectivity index (χ0v) is 17.8. The Morgan fingerprint density at radius 2 is 1.62 bits per heavy atom. The van der Waals surface area contributed by atoms with Crippen molar-refractivity contribution in [2.75, 3.05) is 5.32 Å². The highest BCUT2D eigenvalue weighted by atomic mass is 35.5. The molecule has 164 valence electrons. The maximum absolute atomic E-state index is 13.5. The molecule has 0 aromatic heterocycles. The minimum Gasteiger partial charge on any atom is -0.489 e. The average molecular weight is 454 g/mol. The van der Waals surface area contributed by atoms with Crippen LogP contribution in [0.4, 0.5) is 10.1 Å². The molecule has 2 N–H and O–H groups in total. The lowest BCUT2D eigenvalue weighted by Crippen LogP contribution is -2.20. The van der Waals surface area contributed by atoms with E-state index < -0.39 is 17.6 Å². The monoisotopic (exact) mass is 453 g/mol. The molecule has 6 nitrogen and oxygen atoms in total. The second-order valence-corrected chi connectivity index (χ2v) is 7.24. The van der Waals surface area contributed by atoms with Crippen molar-refractivity contribution < 1.29 is 18.7 Å². The molecular weight excluding hydrogens is 433 g/mol. The van der Waals surface area contributed by atoms with E-state index in [1.54, 1.807) is 30.3 Å². The van der Waals surface area contributed by atoms with Crippen LogP contribution >= 0.6 is 11.6 Å². The van der Waals surface area contributed by atoms with Crippen molar-refractivity contribution in [3.05, 3.63) is 94.8 Å². The first-order valence-corrected chi connectivity index (χ1v) is 10.2. The van der Waals surface area contributed by atoms with Gasteiger partial charge in [0.1, 0.15) is 18.2 Å². The molecule has 8 heteroatoms. The third-order valence-corrected chi connectivity index (χ3v) is 4.58. The van der Waals surface area contributed by atoms with E-state index in [2.05, 4.69) is 15.8 Å². The highest BCUT2D eigenvalue weighted by molar-refractivity contribution is 6.30. The Hall–Kier alpha value is -3.71. The highest BCUT2D eigenvalue weighted by Crippen LogP contribution is 2.15. The topological polar surface area (TPSA) is 79.8 Å². The summed E-state index contributed by atoms with van der Waals surface area (Å²) in [6.07, 6.45) is 1.32. The number of rotatable bonds is 9. The molecule has 0 saturated heterocycles. The number of ether oxygens (including phenoxy) is 1. The second-order valence-electron chi connectivity index (χ2n) is 6.81. The van der Waals surface area contributed by atoms with E-state index in [4.69, 9.17) is 16.3 Å². The molecular formula is C24H21ClFN3O3. The van der Waals surface area contributed by atoms with Gasteiger partial charge in [0.15, 0.2) is 0 Å². The Kier molecular flexibility index (Phi) is 8.34. The predicted octanol–water partition coefficient (Wildman–Crippen LogP) is 4.93. The first kappa shape index (κ1) is 23.0. The van der Waals surface area contributed by atoms with Crippen LogP contribution in [0.5, 0.6) is 5.75 Å². The van der Waals surface area contributed by atoms with Crippen LogP contribution in [-0.2, 0) is 16.2 Å². The molecule has 0 radical (unpaired) electrons. The number of anilines is 1. The molecule has 0 unspecified atom stereocenters. The van der Waals surface area contributed by atoms with Crippen LogP contribution in [0.1, 0.15) is 24.0 Å². The van der Waals surface area contributed by atoms with Gasteiger partial charge in [0.25, 0.3) is 0 Å². The van der Waals surface area contributed by atoms with E-state index in [0.717, 1.165) is 11.1 Å². The standard InChI is InChI=1S/C24H21ClFN3O3/c25-19-9-5-18(6-10-19)16-32-20-11-7-17(8-12-20)15-27-29-24(31)14-13-23(30)28-22-4-2-1-3-21(22)26/h1-12,15H,13-14,16H2,(H,28,30)(H,29,31). The van der Waals surface area contributed by atoms with Crippen molar-refractivity contribution in [3.8, 4) is 5.75 Å². The van der Waals surface area contributed by atoms with Gasteiger partial charge in [0.05, 0.1) is 11.9 Å². The molecule has 0 spiro atoms. The molecule has 3 aromatic rings. The molecule has 0 bridgehead atoms. The van der Waals surface area contributed by atoms with Crippen molar-refractivity contribution in [1.82, 2.24) is 5.43 Å². The molecule has 0 aliphatic rings. The number of hydrazone groups is 1. The van der Waals surface area contributed by atoms with Gasteiger partial charge in [-0.3, -0.25) is 9.59 Å². The van der Waals surface area contributed by atoms with Crippen molar-refractivity contribution in [3.63, 3.8) is 0 Å². The quantitative estimate of drug-likeness (QED) is 0.356. The van der Waals surface area contributed by atoms with Crippen LogP contribution < -0.4 is 15.5 Å². The molecule has 2 amide bonds. The van der Waals surface area contributed by atoms with Gasteiger partial charge in [-0.05, 0) is 59.7 Å². The Labute approximate surface area is 190 Å². The fourth-order valence-electron chi connectivity index (χ4n) is 2.63.